The van der Waals surface area contributed by atoms with Gasteiger partial charge in [0.2, 0.25) is 0 Å². The molecule has 16 heavy (non-hydrogen) atoms. The molecule has 1 aliphatic carbocycles. The molecule has 0 heterocycles. The van der Waals surface area contributed by atoms with Crippen molar-refractivity contribution in [2.75, 3.05) is 13.2 Å². The van der Waals surface area contributed by atoms with Gasteiger partial charge in [-0.3, -0.25) is 0 Å². The summed E-state index contributed by atoms with van der Waals surface area (Å²) < 4.78 is 5.59. The Morgan fingerprint density at radius 3 is 2.69 bits per heavy atom. The van der Waals surface area contributed by atoms with Gasteiger partial charge in [0.15, 0.2) is 0 Å². The first-order valence-electron chi connectivity index (χ1n) is 6.23. The third-order valence-corrected chi connectivity index (χ3v) is 3.13. The maximum absolute atomic E-state index is 5.95. The van der Waals surface area contributed by atoms with Gasteiger partial charge in [-0.05, 0) is 37.2 Å². The molecule has 1 saturated carbocycles. The lowest BCUT2D eigenvalue weighted by Gasteiger charge is -2.10. The Morgan fingerprint density at radius 1 is 1.25 bits per heavy atom. The molecule has 2 heteroatoms. The first-order valence-corrected chi connectivity index (χ1v) is 6.23. The highest BCUT2D eigenvalue weighted by molar-refractivity contribution is 5.14. The fraction of sp³-hybridized carbons (Fsp3) is 0.571. The second-order valence-electron chi connectivity index (χ2n) is 4.67. The minimum atomic E-state index is 0.275. The molecule has 88 valence electrons. The average molecular weight is 219 g/mol. The molecule has 1 unspecified atom stereocenters. The van der Waals surface area contributed by atoms with Crippen molar-refractivity contribution >= 4 is 0 Å². The molecule has 1 fully saturated rings. The zero-order chi connectivity index (χ0) is 11.2. The van der Waals surface area contributed by atoms with Gasteiger partial charge in [0.25, 0.3) is 0 Å². The van der Waals surface area contributed by atoms with Crippen molar-refractivity contribution in [1.82, 2.24) is 0 Å². The molecule has 0 saturated heterocycles. The number of ether oxygens (including phenoxy) is 1. The highest BCUT2D eigenvalue weighted by Crippen LogP contribution is 2.31. The average Bonchev–Trinajstić information content (AvgIpc) is 3.13. The molecule has 0 bridgehead atoms. The Hall–Kier alpha value is -0.860. The normalized spacial score (nSPS) is 17.3. The zero-order valence-electron chi connectivity index (χ0n) is 9.77. The number of hydrogen-bond acceptors (Lipinski definition) is 2. The van der Waals surface area contributed by atoms with Crippen molar-refractivity contribution in [1.29, 1.82) is 0 Å². The van der Waals surface area contributed by atoms with Gasteiger partial charge in [0, 0.05) is 12.6 Å². The molecule has 0 spiro atoms. The lowest BCUT2D eigenvalue weighted by atomic mass is 10.1. The maximum Gasteiger partial charge on any atom is 0.0620 e. The van der Waals surface area contributed by atoms with Crippen molar-refractivity contribution in [3.8, 4) is 0 Å². The van der Waals surface area contributed by atoms with E-state index in [1.54, 1.807) is 0 Å². The fourth-order valence-corrected chi connectivity index (χ4v) is 1.90. The topological polar surface area (TPSA) is 35.2 Å². The largest absolute Gasteiger partial charge is 0.380 e. The highest BCUT2D eigenvalue weighted by Gasteiger charge is 2.28. The molecule has 2 nitrogen and oxygen atoms in total. The van der Waals surface area contributed by atoms with Gasteiger partial charge in [0.05, 0.1) is 6.61 Å². The number of nitrogens with two attached hydrogens (primary N) is 1. The van der Waals surface area contributed by atoms with E-state index in [-0.39, 0.29) is 6.04 Å². The Kier molecular flexibility index (Phi) is 4.37. The van der Waals surface area contributed by atoms with E-state index < -0.39 is 0 Å². The van der Waals surface area contributed by atoms with Crippen LogP contribution in [-0.4, -0.2) is 19.3 Å². The predicted octanol–water partition coefficient (Wildman–Crippen LogP) is 2.37. The van der Waals surface area contributed by atoms with Gasteiger partial charge in [-0.25, -0.2) is 0 Å². The summed E-state index contributed by atoms with van der Waals surface area (Å²) in [4.78, 5) is 0. The predicted molar refractivity (Wildman–Crippen MR) is 66.3 cm³/mol. The zero-order valence-corrected chi connectivity index (χ0v) is 9.77. The molecule has 1 atom stereocenters. The van der Waals surface area contributed by atoms with Gasteiger partial charge < -0.3 is 10.5 Å². The summed E-state index contributed by atoms with van der Waals surface area (Å²) >= 11 is 0. The number of hydrogen-bond donors (Lipinski definition) is 1. The van der Waals surface area contributed by atoms with Crippen molar-refractivity contribution in [3.63, 3.8) is 0 Å². The van der Waals surface area contributed by atoms with Crippen LogP contribution in [0.2, 0.25) is 0 Å². The van der Waals surface area contributed by atoms with Crippen LogP contribution in [0.15, 0.2) is 30.3 Å². The van der Waals surface area contributed by atoms with Crippen molar-refractivity contribution in [2.45, 2.75) is 31.7 Å². The lowest BCUT2D eigenvalue weighted by molar-refractivity contribution is 0.114. The number of aryl methyl sites for hydroxylation is 1. The molecular weight excluding hydrogens is 198 g/mol. The van der Waals surface area contributed by atoms with Crippen LogP contribution in [0.5, 0.6) is 0 Å². The van der Waals surface area contributed by atoms with Gasteiger partial charge in [-0.1, -0.05) is 30.3 Å². The van der Waals surface area contributed by atoms with Gasteiger partial charge >= 0.3 is 0 Å². The second-order valence-corrected chi connectivity index (χ2v) is 4.67. The molecule has 0 aromatic heterocycles. The molecule has 0 amide bonds. The first kappa shape index (κ1) is 11.6. The van der Waals surface area contributed by atoms with Crippen LogP contribution >= 0.6 is 0 Å². The molecular formula is C14H21NO. The minimum Gasteiger partial charge on any atom is -0.380 e. The van der Waals surface area contributed by atoms with Gasteiger partial charge in [-0.15, -0.1) is 0 Å². The van der Waals surface area contributed by atoms with E-state index >= 15 is 0 Å². The van der Waals surface area contributed by atoms with E-state index in [4.69, 9.17) is 10.5 Å². The molecule has 1 aromatic carbocycles. The highest BCUT2D eigenvalue weighted by atomic mass is 16.5. The number of benzene rings is 1. The van der Waals surface area contributed by atoms with Crippen LogP contribution in [0.1, 0.15) is 24.8 Å². The molecule has 1 aromatic rings. The van der Waals surface area contributed by atoms with Gasteiger partial charge in [0.1, 0.15) is 0 Å². The Bertz CT molecular complexity index is 295. The van der Waals surface area contributed by atoms with E-state index in [0.717, 1.165) is 32.0 Å². The third-order valence-electron chi connectivity index (χ3n) is 3.13. The Labute approximate surface area is 97.8 Å². The summed E-state index contributed by atoms with van der Waals surface area (Å²) in [6.07, 6.45) is 4.78. The third kappa shape index (κ3) is 3.95. The van der Waals surface area contributed by atoms with E-state index in [1.807, 2.05) is 0 Å². The Morgan fingerprint density at radius 2 is 2.00 bits per heavy atom. The first-order chi connectivity index (χ1) is 7.86. The van der Waals surface area contributed by atoms with E-state index in [2.05, 4.69) is 30.3 Å². The van der Waals surface area contributed by atoms with Crippen molar-refractivity contribution in [3.05, 3.63) is 35.9 Å². The van der Waals surface area contributed by atoms with E-state index in [9.17, 15) is 0 Å². The quantitative estimate of drug-likeness (QED) is 0.715. The van der Waals surface area contributed by atoms with Gasteiger partial charge in [-0.2, -0.15) is 0 Å². The van der Waals surface area contributed by atoms with Crippen LogP contribution in [-0.2, 0) is 11.2 Å². The molecule has 2 rings (SSSR count). The summed E-state index contributed by atoms with van der Waals surface area (Å²) in [5.41, 5.74) is 7.33. The smallest absolute Gasteiger partial charge is 0.0620 e. The SMILES string of the molecule is NC(COCCCc1ccccc1)C1CC1. The molecule has 2 N–H and O–H groups in total. The molecule has 0 aliphatic heterocycles. The van der Waals surface area contributed by atoms with Crippen LogP contribution < -0.4 is 5.73 Å². The second kappa shape index (κ2) is 6.02. The summed E-state index contributed by atoms with van der Waals surface area (Å²) in [5, 5.41) is 0. The van der Waals surface area contributed by atoms with E-state index in [0.29, 0.717) is 0 Å². The minimum absolute atomic E-state index is 0.275. The van der Waals surface area contributed by atoms with E-state index in [1.165, 1.54) is 18.4 Å². The fourth-order valence-electron chi connectivity index (χ4n) is 1.90. The summed E-state index contributed by atoms with van der Waals surface area (Å²) in [7, 11) is 0. The summed E-state index contributed by atoms with van der Waals surface area (Å²) in [5.74, 6) is 0.745. The summed E-state index contributed by atoms with van der Waals surface area (Å²) in [6.45, 7) is 1.56. The molecule has 1 aliphatic rings. The van der Waals surface area contributed by atoms with Crippen LogP contribution in [0, 0.1) is 5.92 Å². The lowest BCUT2D eigenvalue weighted by Crippen LogP contribution is -2.28. The standard InChI is InChI=1S/C14H21NO/c15-14(13-8-9-13)11-16-10-4-7-12-5-2-1-3-6-12/h1-3,5-6,13-14H,4,7-11,15H2. The Balaban J connectivity index is 1.52. The van der Waals surface area contributed by atoms with Crippen molar-refractivity contribution in [2.24, 2.45) is 11.7 Å². The van der Waals surface area contributed by atoms with Crippen LogP contribution in [0.3, 0.4) is 0 Å². The summed E-state index contributed by atoms with van der Waals surface area (Å²) in [6, 6.07) is 10.8. The molecule has 0 radical (unpaired) electrons. The maximum atomic E-state index is 5.95. The van der Waals surface area contributed by atoms with Crippen molar-refractivity contribution < 1.29 is 4.74 Å². The monoisotopic (exact) mass is 219 g/mol. The van der Waals surface area contributed by atoms with Crippen LogP contribution in [0.4, 0.5) is 0 Å². The number of rotatable bonds is 7. The van der Waals surface area contributed by atoms with Crippen LogP contribution in [0.25, 0.3) is 0 Å².